The Labute approximate surface area is 87.6 Å². The Morgan fingerprint density at radius 2 is 2.50 bits per heavy atom. The molecule has 0 radical (unpaired) electrons. The van der Waals surface area contributed by atoms with Gasteiger partial charge < -0.3 is 5.32 Å². The molecule has 0 spiro atoms. The second kappa shape index (κ2) is 3.35. The second-order valence-electron chi connectivity index (χ2n) is 4.41. The molecule has 1 aromatic heterocycles. The average molecular weight is 210 g/mol. The van der Waals surface area contributed by atoms with E-state index in [1.165, 1.54) is 11.3 Å². The van der Waals surface area contributed by atoms with Gasteiger partial charge in [-0.1, -0.05) is 13.8 Å². The van der Waals surface area contributed by atoms with Gasteiger partial charge in [-0.3, -0.25) is 4.79 Å². The van der Waals surface area contributed by atoms with E-state index >= 15 is 0 Å². The Kier molecular flexibility index (Phi) is 2.31. The first-order valence-corrected chi connectivity index (χ1v) is 5.68. The van der Waals surface area contributed by atoms with Gasteiger partial charge in [0.1, 0.15) is 0 Å². The van der Waals surface area contributed by atoms with Gasteiger partial charge in [0.05, 0.1) is 0 Å². The summed E-state index contributed by atoms with van der Waals surface area (Å²) in [6.07, 6.45) is 3.85. The summed E-state index contributed by atoms with van der Waals surface area (Å²) in [6.45, 7) is 4.28. The molecule has 1 N–H and O–H groups in total. The lowest BCUT2D eigenvalue weighted by Gasteiger charge is -2.42. The third-order valence-corrected chi connectivity index (χ3v) is 3.69. The van der Waals surface area contributed by atoms with Crippen LogP contribution in [0.25, 0.3) is 0 Å². The Morgan fingerprint density at radius 3 is 2.93 bits per heavy atom. The summed E-state index contributed by atoms with van der Waals surface area (Å²) in [4.78, 5) is 15.8. The van der Waals surface area contributed by atoms with Crippen molar-refractivity contribution in [3.05, 3.63) is 11.6 Å². The van der Waals surface area contributed by atoms with Crippen LogP contribution in [0, 0.1) is 11.3 Å². The first-order chi connectivity index (χ1) is 6.59. The number of thiazole rings is 1. The highest BCUT2D eigenvalue weighted by atomic mass is 32.1. The third kappa shape index (κ3) is 1.66. The molecule has 1 aromatic rings. The van der Waals surface area contributed by atoms with Crippen LogP contribution in [0.2, 0.25) is 0 Å². The molecule has 1 aliphatic rings. The summed E-state index contributed by atoms with van der Waals surface area (Å²) >= 11 is 1.46. The molecule has 0 aromatic carbocycles. The summed E-state index contributed by atoms with van der Waals surface area (Å²) in [5, 5.41) is 5.42. The number of nitrogens with zero attached hydrogens (tertiary/aromatic N) is 1. The normalized spacial score (nSPS) is 24.0. The maximum atomic E-state index is 11.8. The highest BCUT2D eigenvalue weighted by Gasteiger charge is 2.43. The molecule has 1 atom stereocenters. The Hall–Kier alpha value is -0.900. The van der Waals surface area contributed by atoms with Crippen molar-refractivity contribution in [2.75, 3.05) is 5.32 Å². The van der Waals surface area contributed by atoms with Gasteiger partial charge in [0.2, 0.25) is 5.91 Å². The van der Waals surface area contributed by atoms with Crippen molar-refractivity contribution in [1.29, 1.82) is 0 Å². The molecule has 0 bridgehead atoms. The zero-order valence-corrected chi connectivity index (χ0v) is 9.23. The van der Waals surface area contributed by atoms with E-state index < -0.39 is 0 Å². The highest BCUT2D eigenvalue weighted by molar-refractivity contribution is 7.13. The summed E-state index contributed by atoms with van der Waals surface area (Å²) in [5.74, 6) is 0.280. The van der Waals surface area contributed by atoms with Crippen LogP contribution in [-0.2, 0) is 4.79 Å². The van der Waals surface area contributed by atoms with Crippen LogP contribution in [0.4, 0.5) is 5.13 Å². The van der Waals surface area contributed by atoms with E-state index in [-0.39, 0.29) is 17.2 Å². The fourth-order valence-electron chi connectivity index (χ4n) is 1.83. The van der Waals surface area contributed by atoms with Crippen LogP contribution in [0.5, 0.6) is 0 Å². The molecular formula is C10H14N2OS. The smallest absolute Gasteiger partial charge is 0.229 e. The predicted molar refractivity (Wildman–Crippen MR) is 57.2 cm³/mol. The fourth-order valence-corrected chi connectivity index (χ4v) is 2.36. The minimum Gasteiger partial charge on any atom is -0.302 e. The molecule has 2 rings (SSSR count). The number of carbonyl (C=O) groups excluding carboxylic acids is 1. The fraction of sp³-hybridized carbons (Fsp3) is 0.600. The molecule has 1 heterocycles. The van der Waals surface area contributed by atoms with E-state index in [1.54, 1.807) is 6.20 Å². The molecule has 1 saturated carbocycles. The van der Waals surface area contributed by atoms with E-state index in [9.17, 15) is 4.79 Å². The Balaban J connectivity index is 1.97. The van der Waals surface area contributed by atoms with Gasteiger partial charge in [-0.05, 0) is 18.3 Å². The largest absolute Gasteiger partial charge is 0.302 e. The molecule has 0 aliphatic heterocycles. The lowest BCUT2D eigenvalue weighted by atomic mass is 9.62. The van der Waals surface area contributed by atoms with Crippen LogP contribution < -0.4 is 5.32 Å². The first-order valence-electron chi connectivity index (χ1n) is 4.80. The quantitative estimate of drug-likeness (QED) is 0.815. The van der Waals surface area contributed by atoms with Crippen LogP contribution in [0.3, 0.4) is 0 Å². The predicted octanol–water partition coefficient (Wildman–Crippen LogP) is 2.52. The van der Waals surface area contributed by atoms with Gasteiger partial charge >= 0.3 is 0 Å². The maximum Gasteiger partial charge on any atom is 0.229 e. The molecular weight excluding hydrogens is 196 g/mol. The zero-order chi connectivity index (χ0) is 10.2. The van der Waals surface area contributed by atoms with Crippen LogP contribution in [-0.4, -0.2) is 10.9 Å². The topological polar surface area (TPSA) is 42.0 Å². The molecule has 1 unspecified atom stereocenters. The lowest BCUT2D eigenvalue weighted by molar-refractivity contribution is -0.128. The highest BCUT2D eigenvalue weighted by Crippen LogP contribution is 2.46. The second-order valence-corrected chi connectivity index (χ2v) is 5.30. The van der Waals surface area contributed by atoms with Gasteiger partial charge in [0, 0.05) is 17.5 Å². The van der Waals surface area contributed by atoms with E-state index in [1.807, 2.05) is 5.38 Å². The van der Waals surface area contributed by atoms with Gasteiger partial charge in [-0.2, -0.15) is 0 Å². The number of nitrogens with one attached hydrogen (secondary N) is 1. The van der Waals surface area contributed by atoms with Gasteiger partial charge in [0.15, 0.2) is 5.13 Å². The van der Waals surface area contributed by atoms with E-state index in [0.29, 0.717) is 5.13 Å². The average Bonchev–Trinajstić information content (AvgIpc) is 2.55. The third-order valence-electron chi connectivity index (χ3n) is 3.00. The van der Waals surface area contributed by atoms with Crippen molar-refractivity contribution in [3.63, 3.8) is 0 Å². The van der Waals surface area contributed by atoms with Crippen LogP contribution in [0.15, 0.2) is 11.6 Å². The Bertz CT molecular complexity index is 332. The lowest BCUT2D eigenvalue weighted by Crippen LogP contribution is -2.42. The van der Waals surface area contributed by atoms with E-state index in [2.05, 4.69) is 24.1 Å². The molecule has 1 fully saturated rings. The molecule has 4 heteroatoms. The van der Waals surface area contributed by atoms with Gasteiger partial charge in [-0.15, -0.1) is 11.3 Å². The summed E-state index contributed by atoms with van der Waals surface area (Å²) in [7, 11) is 0. The molecule has 0 saturated heterocycles. The van der Waals surface area contributed by atoms with Crippen molar-refractivity contribution in [1.82, 2.24) is 4.98 Å². The Morgan fingerprint density at radius 1 is 1.71 bits per heavy atom. The molecule has 1 aliphatic carbocycles. The molecule has 14 heavy (non-hydrogen) atoms. The summed E-state index contributed by atoms with van der Waals surface area (Å²) in [6, 6.07) is 0. The van der Waals surface area contributed by atoms with E-state index in [4.69, 9.17) is 0 Å². The standard InChI is InChI=1S/C10H14N2OS/c1-10(2)4-3-7(10)8(13)12-9-11-5-6-14-9/h5-7H,3-4H2,1-2H3,(H,11,12,13). The first kappa shape index (κ1) is 9.65. The van der Waals surface area contributed by atoms with Crippen LogP contribution in [0.1, 0.15) is 26.7 Å². The van der Waals surface area contributed by atoms with Crippen molar-refractivity contribution >= 4 is 22.4 Å². The number of rotatable bonds is 2. The SMILES string of the molecule is CC1(C)CCC1C(=O)Nc1nccs1. The van der Waals surface area contributed by atoms with Gasteiger partial charge in [0.25, 0.3) is 0 Å². The number of aromatic nitrogens is 1. The van der Waals surface area contributed by atoms with Gasteiger partial charge in [-0.25, -0.2) is 4.98 Å². The number of carbonyl (C=O) groups is 1. The summed E-state index contributed by atoms with van der Waals surface area (Å²) < 4.78 is 0. The number of amides is 1. The van der Waals surface area contributed by atoms with E-state index in [0.717, 1.165) is 12.8 Å². The monoisotopic (exact) mass is 210 g/mol. The van der Waals surface area contributed by atoms with Crippen molar-refractivity contribution in [2.45, 2.75) is 26.7 Å². The number of anilines is 1. The van der Waals surface area contributed by atoms with Crippen molar-refractivity contribution < 1.29 is 4.79 Å². The minimum atomic E-state index is 0.121. The minimum absolute atomic E-state index is 0.121. The molecule has 1 amide bonds. The maximum absolute atomic E-state index is 11.8. The molecule has 76 valence electrons. The number of hydrogen-bond acceptors (Lipinski definition) is 3. The van der Waals surface area contributed by atoms with Crippen molar-refractivity contribution in [2.24, 2.45) is 11.3 Å². The zero-order valence-electron chi connectivity index (χ0n) is 8.41. The molecule has 3 nitrogen and oxygen atoms in total. The van der Waals surface area contributed by atoms with Crippen LogP contribution >= 0.6 is 11.3 Å². The van der Waals surface area contributed by atoms with Crippen molar-refractivity contribution in [3.8, 4) is 0 Å². The number of hydrogen-bond donors (Lipinski definition) is 1. The summed E-state index contributed by atoms with van der Waals surface area (Å²) in [5.41, 5.74) is 0.168.